The summed E-state index contributed by atoms with van der Waals surface area (Å²) in [7, 11) is -1.40. The Hall–Kier alpha value is -3.07. The highest BCUT2D eigenvalue weighted by atomic mass is 32.2. The topological polar surface area (TPSA) is 111 Å². The van der Waals surface area contributed by atoms with Crippen LogP contribution in [0.4, 0.5) is 11.4 Å². The number of ether oxygens (including phenoxy) is 2. The summed E-state index contributed by atoms with van der Waals surface area (Å²) in [5.41, 5.74) is 0.609. The Bertz CT molecular complexity index is 912. The summed E-state index contributed by atoms with van der Waals surface area (Å²) in [6.45, 7) is 2.64. The summed E-state index contributed by atoms with van der Waals surface area (Å²) in [6, 6.07) is 8.57. The second kappa shape index (κ2) is 8.09. The first-order valence-electron chi connectivity index (χ1n) is 7.85. The molecule has 2 N–H and O–H groups in total. The third-order valence-electron chi connectivity index (χ3n) is 3.55. The number of sulfone groups is 1. The van der Waals surface area contributed by atoms with Crippen LogP contribution in [-0.4, -0.2) is 34.5 Å². The van der Waals surface area contributed by atoms with E-state index in [0.717, 1.165) is 0 Å². The molecule has 0 saturated heterocycles. The summed E-state index contributed by atoms with van der Waals surface area (Å²) in [6.07, 6.45) is 0. The number of nitrogens with one attached hydrogen (secondary N) is 2. The maximum atomic E-state index is 13.3. The van der Waals surface area contributed by atoms with E-state index in [-0.39, 0.29) is 33.1 Å². The van der Waals surface area contributed by atoms with Crippen molar-refractivity contribution >= 4 is 33.0 Å². The Morgan fingerprint density at radius 1 is 0.778 bits per heavy atom. The summed E-state index contributed by atoms with van der Waals surface area (Å²) in [5.74, 6) is -0.463. The average Bonchev–Trinajstić information content (AvgIpc) is 2.60. The highest BCUT2D eigenvalue weighted by molar-refractivity contribution is 7.91. The van der Waals surface area contributed by atoms with Gasteiger partial charge in [-0.05, 0) is 36.4 Å². The molecule has 2 aromatic rings. The molecular weight excluding hydrogens is 372 g/mol. The number of carbonyl (C=O) groups excluding carboxylic acids is 2. The van der Waals surface area contributed by atoms with E-state index in [9.17, 15) is 18.0 Å². The van der Waals surface area contributed by atoms with Crippen LogP contribution in [0.5, 0.6) is 11.5 Å². The lowest BCUT2D eigenvalue weighted by Crippen LogP contribution is -2.11. The molecule has 9 heteroatoms. The van der Waals surface area contributed by atoms with Crippen LogP contribution >= 0.6 is 0 Å². The number of hydrogen-bond donors (Lipinski definition) is 2. The van der Waals surface area contributed by atoms with Gasteiger partial charge < -0.3 is 20.1 Å². The van der Waals surface area contributed by atoms with E-state index >= 15 is 0 Å². The fraction of sp³-hybridized carbons (Fsp3) is 0.222. The van der Waals surface area contributed by atoms with E-state index in [4.69, 9.17) is 9.47 Å². The fourth-order valence-electron chi connectivity index (χ4n) is 2.45. The molecule has 27 heavy (non-hydrogen) atoms. The van der Waals surface area contributed by atoms with Crippen LogP contribution in [0.3, 0.4) is 0 Å². The monoisotopic (exact) mass is 392 g/mol. The Morgan fingerprint density at radius 2 is 1.15 bits per heavy atom. The minimum atomic E-state index is -4.09. The summed E-state index contributed by atoms with van der Waals surface area (Å²) in [5, 5.41) is 5.08. The largest absolute Gasteiger partial charge is 0.495 e. The first kappa shape index (κ1) is 20.2. The first-order valence-corrected chi connectivity index (χ1v) is 9.33. The summed E-state index contributed by atoms with van der Waals surface area (Å²) < 4.78 is 36.9. The van der Waals surface area contributed by atoms with Gasteiger partial charge in [-0.25, -0.2) is 8.42 Å². The molecule has 0 fully saturated rings. The number of carbonyl (C=O) groups is 2. The van der Waals surface area contributed by atoms with Gasteiger partial charge in [0.25, 0.3) is 0 Å². The van der Waals surface area contributed by atoms with E-state index < -0.39 is 9.84 Å². The Balaban J connectivity index is 2.67. The van der Waals surface area contributed by atoms with Crippen LogP contribution in [0.25, 0.3) is 0 Å². The number of methoxy groups -OCH3 is 2. The molecule has 0 spiro atoms. The second-order valence-electron chi connectivity index (χ2n) is 5.60. The minimum Gasteiger partial charge on any atom is -0.495 e. The van der Waals surface area contributed by atoms with Crippen molar-refractivity contribution in [1.82, 2.24) is 0 Å². The highest BCUT2D eigenvalue weighted by Crippen LogP contribution is 2.37. The molecule has 0 aliphatic carbocycles. The van der Waals surface area contributed by atoms with Crippen molar-refractivity contribution < 1.29 is 27.5 Å². The molecule has 144 valence electrons. The fourth-order valence-corrected chi connectivity index (χ4v) is 4.09. The predicted octanol–water partition coefficient (Wildman–Crippen LogP) is 2.45. The lowest BCUT2D eigenvalue weighted by molar-refractivity contribution is -0.115. The maximum absolute atomic E-state index is 13.3. The van der Waals surface area contributed by atoms with Gasteiger partial charge in [0.2, 0.25) is 21.7 Å². The van der Waals surface area contributed by atoms with Gasteiger partial charge in [-0.3, -0.25) is 9.59 Å². The van der Waals surface area contributed by atoms with E-state index in [1.807, 2.05) is 0 Å². The van der Waals surface area contributed by atoms with Gasteiger partial charge in [-0.2, -0.15) is 0 Å². The lowest BCUT2D eigenvalue weighted by Gasteiger charge is -2.15. The quantitative estimate of drug-likeness (QED) is 0.781. The Kier molecular flexibility index (Phi) is 6.06. The van der Waals surface area contributed by atoms with Gasteiger partial charge in [-0.1, -0.05) is 0 Å². The van der Waals surface area contributed by atoms with Gasteiger partial charge in [0.1, 0.15) is 21.3 Å². The van der Waals surface area contributed by atoms with Crippen molar-refractivity contribution in [3.8, 4) is 11.5 Å². The van der Waals surface area contributed by atoms with Gasteiger partial charge >= 0.3 is 0 Å². The van der Waals surface area contributed by atoms with Gasteiger partial charge in [0.05, 0.1) is 14.2 Å². The SMILES string of the molecule is COc1ccc(NC(C)=O)cc1S(=O)(=O)c1cc(NC(C)=O)ccc1OC. The zero-order valence-corrected chi connectivity index (χ0v) is 16.1. The third kappa shape index (κ3) is 4.56. The normalized spacial score (nSPS) is 10.8. The average molecular weight is 392 g/mol. The lowest BCUT2D eigenvalue weighted by atomic mass is 10.3. The molecule has 0 saturated carbocycles. The predicted molar refractivity (Wildman–Crippen MR) is 100 cm³/mol. The van der Waals surface area contributed by atoms with E-state index in [2.05, 4.69) is 10.6 Å². The molecule has 0 aliphatic rings. The minimum absolute atomic E-state index is 0.107. The van der Waals surface area contributed by atoms with Crippen LogP contribution in [0.1, 0.15) is 13.8 Å². The molecule has 0 aromatic heterocycles. The van der Waals surface area contributed by atoms with Gasteiger partial charge in [0, 0.05) is 25.2 Å². The second-order valence-corrected chi connectivity index (χ2v) is 7.48. The molecule has 0 heterocycles. The molecule has 0 unspecified atom stereocenters. The molecule has 0 atom stereocenters. The molecule has 8 nitrogen and oxygen atoms in total. The van der Waals surface area contributed by atoms with Crippen molar-refractivity contribution in [3.63, 3.8) is 0 Å². The van der Waals surface area contributed by atoms with Gasteiger partial charge in [0.15, 0.2) is 0 Å². The summed E-state index contributed by atoms with van der Waals surface area (Å²) >= 11 is 0. The Labute approximate surface area is 157 Å². The number of hydrogen-bond acceptors (Lipinski definition) is 6. The van der Waals surface area contributed by atoms with Crippen molar-refractivity contribution in [2.75, 3.05) is 24.9 Å². The molecule has 2 rings (SSSR count). The van der Waals surface area contributed by atoms with Crippen molar-refractivity contribution in [3.05, 3.63) is 36.4 Å². The van der Waals surface area contributed by atoms with Crippen molar-refractivity contribution in [2.24, 2.45) is 0 Å². The maximum Gasteiger partial charge on any atom is 0.221 e. The molecule has 0 radical (unpaired) electrons. The number of rotatable bonds is 6. The zero-order chi connectivity index (χ0) is 20.2. The van der Waals surface area contributed by atoms with Crippen molar-refractivity contribution in [2.45, 2.75) is 23.6 Å². The molecule has 2 aromatic carbocycles. The van der Waals surface area contributed by atoms with Crippen LogP contribution in [-0.2, 0) is 19.4 Å². The van der Waals surface area contributed by atoms with Crippen LogP contribution in [0.15, 0.2) is 46.2 Å². The molecule has 2 amide bonds. The first-order chi connectivity index (χ1) is 12.7. The number of benzene rings is 2. The smallest absolute Gasteiger partial charge is 0.221 e. The summed E-state index contributed by atoms with van der Waals surface area (Å²) in [4.78, 5) is 22.3. The molecule has 0 aliphatic heterocycles. The van der Waals surface area contributed by atoms with Crippen LogP contribution < -0.4 is 20.1 Å². The van der Waals surface area contributed by atoms with Crippen LogP contribution in [0.2, 0.25) is 0 Å². The molecular formula is C18H20N2O6S. The van der Waals surface area contributed by atoms with E-state index in [1.165, 1.54) is 64.5 Å². The number of amides is 2. The standard InChI is InChI=1S/C18H20N2O6S/c1-11(21)19-13-5-7-15(25-3)17(9-13)27(23,24)18-10-14(20-12(2)22)6-8-16(18)26-4/h5-10H,1-4H3,(H,19,21)(H,20,22). The zero-order valence-electron chi connectivity index (χ0n) is 15.3. The highest BCUT2D eigenvalue weighted by Gasteiger charge is 2.27. The van der Waals surface area contributed by atoms with E-state index in [0.29, 0.717) is 11.4 Å². The number of anilines is 2. The van der Waals surface area contributed by atoms with Crippen molar-refractivity contribution in [1.29, 1.82) is 0 Å². The Morgan fingerprint density at radius 3 is 1.44 bits per heavy atom. The van der Waals surface area contributed by atoms with Gasteiger partial charge in [-0.15, -0.1) is 0 Å². The van der Waals surface area contributed by atoms with E-state index in [1.54, 1.807) is 0 Å². The van der Waals surface area contributed by atoms with Crippen LogP contribution in [0, 0.1) is 0 Å². The third-order valence-corrected chi connectivity index (χ3v) is 5.34. The molecule has 0 bridgehead atoms.